The second-order valence-electron chi connectivity index (χ2n) is 7.03. The molecule has 0 saturated heterocycles. The Balaban J connectivity index is 1.57. The van der Waals surface area contributed by atoms with E-state index in [2.05, 4.69) is 15.3 Å². The van der Waals surface area contributed by atoms with Gasteiger partial charge in [0.15, 0.2) is 0 Å². The second-order valence-corrected chi connectivity index (χ2v) is 7.99. The van der Waals surface area contributed by atoms with Crippen LogP contribution in [0.3, 0.4) is 0 Å². The second kappa shape index (κ2) is 9.70. The summed E-state index contributed by atoms with van der Waals surface area (Å²) in [4.78, 5) is 32.2. The molecule has 7 nitrogen and oxygen atoms in total. The highest BCUT2D eigenvalue weighted by atomic mass is 32.2. The van der Waals surface area contributed by atoms with Gasteiger partial charge in [-0.3, -0.25) is 14.9 Å². The number of halogens is 2. The molecule has 166 valence electrons. The van der Waals surface area contributed by atoms with E-state index in [4.69, 9.17) is 0 Å². The zero-order valence-electron chi connectivity index (χ0n) is 17.0. The third-order valence-electron chi connectivity index (χ3n) is 4.64. The fourth-order valence-electron chi connectivity index (χ4n) is 3.14. The van der Waals surface area contributed by atoms with Gasteiger partial charge in [-0.25, -0.2) is 18.7 Å². The van der Waals surface area contributed by atoms with Crippen LogP contribution in [0.4, 0.5) is 20.2 Å². The van der Waals surface area contributed by atoms with Crippen molar-refractivity contribution in [2.24, 2.45) is 0 Å². The van der Waals surface area contributed by atoms with Crippen LogP contribution in [0.15, 0.2) is 71.8 Å². The number of carbonyl (C=O) groups is 1. The molecule has 0 aliphatic heterocycles. The number of nitrogens with one attached hydrogen (secondary N) is 1. The molecule has 1 N–H and O–H groups in total. The molecule has 10 heteroatoms. The molecule has 4 rings (SSSR count). The highest BCUT2D eigenvalue weighted by Crippen LogP contribution is 2.26. The van der Waals surface area contributed by atoms with Crippen molar-refractivity contribution in [3.63, 3.8) is 0 Å². The predicted molar refractivity (Wildman–Crippen MR) is 121 cm³/mol. The normalized spacial score (nSPS) is 10.8. The lowest BCUT2D eigenvalue weighted by Crippen LogP contribution is -2.15. The lowest BCUT2D eigenvalue weighted by atomic mass is 10.1. The van der Waals surface area contributed by atoms with E-state index < -0.39 is 22.5 Å². The summed E-state index contributed by atoms with van der Waals surface area (Å²) in [5.74, 6) is -2.20. The number of hydrogen-bond donors (Lipinski definition) is 1. The quantitative estimate of drug-likeness (QED) is 0.230. The van der Waals surface area contributed by atoms with E-state index in [1.165, 1.54) is 12.1 Å². The number of nitrogens with zero attached hydrogens (tertiary/aromatic N) is 3. The lowest BCUT2D eigenvalue weighted by molar-refractivity contribution is -0.384. The number of amides is 1. The fraction of sp³-hybridized carbons (Fsp3) is 0.0870. The van der Waals surface area contributed by atoms with Gasteiger partial charge in [-0.2, -0.15) is 0 Å². The van der Waals surface area contributed by atoms with E-state index >= 15 is 0 Å². The van der Waals surface area contributed by atoms with Crippen LogP contribution in [-0.4, -0.2) is 26.6 Å². The number of nitro benzene ring substituents is 1. The molecule has 33 heavy (non-hydrogen) atoms. The molecular weight excluding hydrogens is 450 g/mol. The molecule has 1 amide bonds. The molecule has 4 aromatic rings. The van der Waals surface area contributed by atoms with Crippen molar-refractivity contribution in [2.45, 2.75) is 11.4 Å². The molecule has 3 aromatic carbocycles. The number of thioether (sulfide) groups is 1. The van der Waals surface area contributed by atoms with Crippen LogP contribution in [0.2, 0.25) is 0 Å². The number of carbonyl (C=O) groups excluding carboxylic acids is 1. The summed E-state index contributed by atoms with van der Waals surface area (Å²) in [6.07, 6.45) is 0.274. The topological polar surface area (TPSA) is 98.0 Å². The van der Waals surface area contributed by atoms with Gasteiger partial charge >= 0.3 is 0 Å². The number of para-hydroxylation sites is 2. The monoisotopic (exact) mass is 466 g/mol. The zero-order chi connectivity index (χ0) is 23.4. The third kappa shape index (κ3) is 5.47. The van der Waals surface area contributed by atoms with Crippen molar-refractivity contribution in [2.75, 3.05) is 11.1 Å². The Morgan fingerprint density at radius 2 is 1.76 bits per heavy atom. The minimum Gasteiger partial charge on any atom is -0.323 e. The Labute approximate surface area is 191 Å². The average Bonchev–Trinajstić information content (AvgIpc) is 2.79. The first-order valence-corrected chi connectivity index (χ1v) is 10.7. The van der Waals surface area contributed by atoms with Crippen LogP contribution in [-0.2, 0) is 11.2 Å². The molecule has 0 fully saturated rings. The van der Waals surface area contributed by atoms with Crippen LogP contribution >= 0.6 is 11.8 Å². The van der Waals surface area contributed by atoms with Gasteiger partial charge in [-0.1, -0.05) is 36.0 Å². The minimum absolute atomic E-state index is 0.0313. The number of nitro groups is 1. The maximum Gasteiger partial charge on any atom is 0.269 e. The van der Waals surface area contributed by atoms with Gasteiger partial charge in [-0.15, -0.1) is 0 Å². The van der Waals surface area contributed by atoms with Crippen molar-refractivity contribution < 1.29 is 18.5 Å². The van der Waals surface area contributed by atoms with Crippen molar-refractivity contribution in [3.05, 3.63) is 99.7 Å². The highest BCUT2D eigenvalue weighted by Gasteiger charge is 2.15. The first kappa shape index (κ1) is 22.3. The van der Waals surface area contributed by atoms with Crippen LogP contribution in [0.5, 0.6) is 0 Å². The molecule has 1 aromatic heterocycles. The van der Waals surface area contributed by atoms with E-state index in [9.17, 15) is 23.7 Å². The number of hydrogen-bond acceptors (Lipinski definition) is 6. The van der Waals surface area contributed by atoms with Crippen LogP contribution in [0.25, 0.3) is 11.0 Å². The first-order valence-electron chi connectivity index (χ1n) is 9.76. The van der Waals surface area contributed by atoms with Gasteiger partial charge < -0.3 is 5.32 Å². The minimum atomic E-state index is -0.870. The number of rotatable bonds is 7. The fourth-order valence-corrected chi connectivity index (χ4v) is 3.92. The largest absolute Gasteiger partial charge is 0.323 e. The van der Waals surface area contributed by atoms with E-state index in [0.29, 0.717) is 33.4 Å². The van der Waals surface area contributed by atoms with Crippen molar-refractivity contribution in [1.29, 1.82) is 0 Å². The van der Waals surface area contributed by atoms with E-state index in [0.717, 1.165) is 23.9 Å². The summed E-state index contributed by atoms with van der Waals surface area (Å²) in [5.41, 5.74) is 2.36. The Bertz CT molecular complexity index is 1370. The summed E-state index contributed by atoms with van der Waals surface area (Å²) in [6.45, 7) is 0. The number of fused-ring (bicyclic) bond motifs is 1. The van der Waals surface area contributed by atoms with Gasteiger partial charge in [0.1, 0.15) is 16.7 Å². The van der Waals surface area contributed by atoms with Gasteiger partial charge in [0.05, 0.1) is 33.1 Å². The maximum absolute atomic E-state index is 13.8. The van der Waals surface area contributed by atoms with E-state index in [1.807, 2.05) is 12.1 Å². The molecule has 1 heterocycles. The highest BCUT2D eigenvalue weighted by molar-refractivity contribution is 8.00. The number of aromatic nitrogens is 2. The molecule has 0 unspecified atom stereocenters. The Kier molecular flexibility index (Phi) is 6.55. The van der Waals surface area contributed by atoms with Crippen LogP contribution in [0.1, 0.15) is 11.3 Å². The number of anilines is 1. The Hall–Kier alpha value is -3.92. The molecule has 0 atom stereocenters. The Morgan fingerprint density at radius 3 is 2.48 bits per heavy atom. The van der Waals surface area contributed by atoms with Crippen molar-refractivity contribution in [1.82, 2.24) is 9.97 Å². The summed E-state index contributed by atoms with van der Waals surface area (Å²) in [6, 6.07) is 16.3. The molecule has 0 radical (unpaired) electrons. The number of non-ortho nitro benzene ring substituents is 1. The average molecular weight is 466 g/mol. The van der Waals surface area contributed by atoms with Gasteiger partial charge in [0.25, 0.3) is 5.69 Å². The summed E-state index contributed by atoms with van der Waals surface area (Å²) in [5, 5.41) is 14.0. The van der Waals surface area contributed by atoms with Gasteiger partial charge in [0.2, 0.25) is 5.91 Å². The Morgan fingerprint density at radius 1 is 1.00 bits per heavy atom. The van der Waals surface area contributed by atoms with Crippen LogP contribution in [0, 0.1) is 21.7 Å². The maximum atomic E-state index is 13.8. The SMILES string of the molecule is O=C(CSc1nc2ccccc2nc1Cc1cccc([N+](=O)[O-])c1)Nc1ccc(F)cc1F. The lowest BCUT2D eigenvalue weighted by Gasteiger charge is -2.10. The third-order valence-corrected chi connectivity index (χ3v) is 5.65. The first-order chi connectivity index (χ1) is 15.9. The van der Waals surface area contributed by atoms with Gasteiger partial charge in [-0.05, 0) is 29.8 Å². The predicted octanol–water partition coefficient (Wildman–Crippen LogP) is 5.14. The molecule has 0 saturated carbocycles. The molecule has 0 bridgehead atoms. The molecular formula is C23H16F2N4O3S. The van der Waals surface area contributed by atoms with E-state index in [-0.39, 0.29) is 23.5 Å². The smallest absolute Gasteiger partial charge is 0.269 e. The summed E-state index contributed by atoms with van der Waals surface area (Å²) >= 11 is 1.11. The van der Waals surface area contributed by atoms with Crippen molar-refractivity contribution in [3.8, 4) is 0 Å². The zero-order valence-corrected chi connectivity index (χ0v) is 17.8. The van der Waals surface area contributed by atoms with Crippen LogP contribution < -0.4 is 5.32 Å². The molecule has 0 aliphatic carbocycles. The molecule has 0 aliphatic rings. The standard InChI is InChI=1S/C23H16F2N4O3S/c24-15-8-9-18(17(25)12-15)27-22(30)13-33-23-21(26-19-6-1-2-7-20(19)28-23)11-14-4-3-5-16(10-14)29(31)32/h1-10,12H,11,13H2,(H,27,30). The summed E-state index contributed by atoms with van der Waals surface area (Å²) < 4.78 is 26.9. The van der Waals surface area contributed by atoms with E-state index in [1.54, 1.807) is 24.3 Å². The van der Waals surface area contributed by atoms with Gasteiger partial charge in [0, 0.05) is 24.6 Å². The van der Waals surface area contributed by atoms with Crippen molar-refractivity contribution >= 4 is 40.1 Å². The summed E-state index contributed by atoms with van der Waals surface area (Å²) in [7, 11) is 0. The molecule has 0 spiro atoms. The number of benzene rings is 3.